The van der Waals surface area contributed by atoms with Crippen LogP contribution in [-0.2, 0) is 13.1 Å². The van der Waals surface area contributed by atoms with Gasteiger partial charge in [-0.25, -0.2) is 9.37 Å². The molecule has 0 aliphatic rings. The molecule has 0 bridgehead atoms. The van der Waals surface area contributed by atoms with Crippen LogP contribution in [0.15, 0.2) is 36.5 Å². The maximum Gasteiger partial charge on any atom is 0.141 e. The van der Waals surface area contributed by atoms with Gasteiger partial charge in [0.25, 0.3) is 0 Å². The summed E-state index contributed by atoms with van der Waals surface area (Å²) < 4.78 is 18.6. The first-order valence-electron chi connectivity index (χ1n) is 6.77. The van der Waals surface area contributed by atoms with Gasteiger partial charge in [0, 0.05) is 25.7 Å². The molecular formula is C16H20FN3O. The predicted octanol–water partition coefficient (Wildman–Crippen LogP) is 2.59. The average Bonchev–Trinajstić information content (AvgIpc) is 2.48. The number of hydrogen-bond acceptors (Lipinski definition) is 4. The minimum Gasteiger partial charge on any atom is -0.497 e. The molecule has 2 rings (SSSR count). The predicted molar refractivity (Wildman–Crippen MR) is 82.1 cm³/mol. The Labute approximate surface area is 124 Å². The summed E-state index contributed by atoms with van der Waals surface area (Å²) in [6.45, 7) is 1.25. The van der Waals surface area contributed by atoms with Crippen LogP contribution < -0.4 is 15.0 Å². The van der Waals surface area contributed by atoms with E-state index in [0.717, 1.165) is 22.7 Å². The van der Waals surface area contributed by atoms with Crippen LogP contribution >= 0.6 is 0 Å². The number of benzene rings is 1. The number of aromatic nitrogens is 1. The molecule has 1 N–H and O–H groups in total. The molecular weight excluding hydrogens is 269 g/mol. The van der Waals surface area contributed by atoms with E-state index in [1.54, 1.807) is 7.11 Å². The number of methoxy groups -OCH3 is 1. The molecule has 0 radical (unpaired) electrons. The Morgan fingerprint density at radius 3 is 2.86 bits per heavy atom. The minimum atomic E-state index is -0.321. The van der Waals surface area contributed by atoms with E-state index in [4.69, 9.17) is 4.74 Å². The van der Waals surface area contributed by atoms with Crippen molar-refractivity contribution in [1.29, 1.82) is 0 Å². The standard InChI is InChI=1S/C16H20FN3O/c1-18-9-13-8-14(17)10-19-16(13)20(2)11-12-5-4-6-15(7-12)21-3/h4-8,10,18H,9,11H2,1-3H3. The number of ether oxygens (including phenoxy) is 1. The molecule has 0 unspecified atom stereocenters. The van der Waals surface area contributed by atoms with Gasteiger partial charge in [-0.05, 0) is 30.8 Å². The van der Waals surface area contributed by atoms with Crippen molar-refractivity contribution in [1.82, 2.24) is 10.3 Å². The lowest BCUT2D eigenvalue weighted by atomic mass is 10.2. The fraction of sp³-hybridized carbons (Fsp3) is 0.312. The summed E-state index contributed by atoms with van der Waals surface area (Å²) >= 11 is 0. The normalized spacial score (nSPS) is 10.5. The van der Waals surface area contributed by atoms with Crippen LogP contribution in [0.25, 0.3) is 0 Å². The van der Waals surface area contributed by atoms with Crippen molar-refractivity contribution in [3.8, 4) is 5.75 Å². The third-order valence-electron chi connectivity index (χ3n) is 3.19. The summed E-state index contributed by atoms with van der Waals surface area (Å²) in [6.07, 6.45) is 1.25. The van der Waals surface area contributed by atoms with Gasteiger partial charge in [0.15, 0.2) is 0 Å². The first kappa shape index (κ1) is 15.3. The second kappa shape index (κ2) is 7.04. The maximum atomic E-state index is 13.3. The molecule has 21 heavy (non-hydrogen) atoms. The third kappa shape index (κ3) is 3.92. The first-order valence-corrected chi connectivity index (χ1v) is 6.77. The largest absolute Gasteiger partial charge is 0.497 e. The Balaban J connectivity index is 2.21. The molecule has 0 amide bonds. The lowest BCUT2D eigenvalue weighted by Crippen LogP contribution is -2.21. The van der Waals surface area contributed by atoms with E-state index >= 15 is 0 Å². The molecule has 0 aliphatic heterocycles. The van der Waals surface area contributed by atoms with Crippen molar-refractivity contribution >= 4 is 5.82 Å². The smallest absolute Gasteiger partial charge is 0.141 e. The first-order chi connectivity index (χ1) is 10.1. The van der Waals surface area contributed by atoms with E-state index in [9.17, 15) is 4.39 Å². The summed E-state index contributed by atoms with van der Waals surface area (Å²) in [5.74, 6) is 1.27. The van der Waals surface area contributed by atoms with Crippen molar-refractivity contribution in [3.63, 3.8) is 0 Å². The molecule has 0 saturated carbocycles. The Morgan fingerprint density at radius 2 is 2.14 bits per heavy atom. The zero-order chi connectivity index (χ0) is 15.2. The quantitative estimate of drug-likeness (QED) is 0.887. The van der Waals surface area contributed by atoms with Gasteiger partial charge in [-0.15, -0.1) is 0 Å². The van der Waals surface area contributed by atoms with Gasteiger partial charge >= 0.3 is 0 Å². The van der Waals surface area contributed by atoms with E-state index in [1.807, 2.05) is 43.3 Å². The van der Waals surface area contributed by atoms with Gasteiger partial charge in [0.05, 0.1) is 13.3 Å². The summed E-state index contributed by atoms with van der Waals surface area (Å²) in [6, 6.07) is 9.39. The van der Waals surface area contributed by atoms with Crippen LogP contribution in [0.2, 0.25) is 0 Å². The monoisotopic (exact) mass is 289 g/mol. The van der Waals surface area contributed by atoms with Gasteiger partial charge in [-0.2, -0.15) is 0 Å². The number of anilines is 1. The third-order valence-corrected chi connectivity index (χ3v) is 3.19. The molecule has 0 saturated heterocycles. The van der Waals surface area contributed by atoms with Crippen LogP contribution in [0.1, 0.15) is 11.1 Å². The minimum absolute atomic E-state index is 0.321. The van der Waals surface area contributed by atoms with Gasteiger partial charge in [0.2, 0.25) is 0 Å². The van der Waals surface area contributed by atoms with Crippen molar-refractivity contribution in [2.45, 2.75) is 13.1 Å². The van der Waals surface area contributed by atoms with E-state index in [1.165, 1.54) is 12.3 Å². The fourth-order valence-electron chi connectivity index (χ4n) is 2.26. The number of nitrogens with one attached hydrogen (secondary N) is 1. The van der Waals surface area contributed by atoms with Gasteiger partial charge in [-0.3, -0.25) is 0 Å². The van der Waals surface area contributed by atoms with Crippen LogP contribution in [0.5, 0.6) is 5.75 Å². The highest BCUT2D eigenvalue weighted by molar-refractivity contribution is 5.47. The highest BCUT2D eigenvalue weighted by Crippen LogP contribution is 2.21. The van der Waals surface area contributed by atoms with E-state index in [0.29, 0.717) is 13.1 Å². The number of hydrogen-bond donors (Lipinski definition) is 1. The van der Waals surface area contributed by atoms with Gasteiger partial charge in [-0.1, -0.05) is 12.1 Å². The molecule has 112 valence electrons. The number of halogens is 1. The van der Waals surface area contributed by atoms with Gasteiger partial charge in [0.1, 0.15) is 17.4 Å². The van der Waals surface area contributed by atoms with Crippen LogP contribution in [0.3, 0.4) is 0 Å². The zero-order valence-electron chi connectivity index (χ0n) is 12.6. The molecule has 4 nitrogen and oxygen atoms in total. The van der Waals surface area contributed by atoms with Crippen LogP contribution in [-0.4, -0.2) is 26.2 Å². The SMILES string of the molecule is CNCc1cc(F)cnc1N(C)Cc1cccc(OC)c1. The van der Waals surface area contributed by atoms with E-state index < -0.39 is 0 Å². The molecule has 2 aromatic rings. The number of rotatable bonds is 6. The summed E-state index contributed by atoms with van der Waals surface area (Å²) in [5.41, 5.74) is 1.95. The van der Waals surface area contributed by atoms with Crippen molar-refractivity contribution < 1.29 is 9.13 Å². The van der Waals surface area contributed by atoms with E-state index in [2.05, 4.69) is 10.3 Å². The summed E-state index contributed by atoms with van der Waals surface area (Å²) in [7, 11) is 5.42. The maximum absolute atomic E-state index is 13.3. The Morgan fingerprint density at radius 1 is 1.33 bits per heavy atom. The van der Waals surface area contributed by atoms with Gasteiger partial charge < -0.3 is 15.0 Å². The highest BCUT2D eigenvalue weighted by Gasteiger charge is 2.11. The molecule has 0 spiro atoms. The average molecular weight is 289 g/mol. The topological polar surface area (TPSA) is 37.4 Å². The number of nitrogens with zero attached hydrogens (tertiary/aromatic N) is 2. The second-order valence-electron chi connectivity index (χ2n) is 4.87. The van der Waals surface area contributed by atoms with E-state index in [-0.39, 0.29) is 5.82 Å². The molecule has 1 aromatic carbocycles. The Kier molecular flexibility index (Phi) is 5.11. The van der Waals surface area contributed by atoms with Crippen LogP contribution in [0, 0.1) is 5.82 Å². The lowest BCUT2D eigenvalue weighted by Gasteiger charge is -2.21. The summed E-state index contributed by atoms with van der Waals surface area (Å²) in [4.78, 5) is 6.22. The summed E-state index contributed by atoms with van der Waals surface area (Å²) in [5, 5.41) is 3.04. The number of pyridine rings is 1. The molecule has 5 heteroatoms. The molecule has 1 heterocycles. The zero-order valence-corrected chi connectivity index (χ0v) is 12.6. The molecule has 0 atom stereocenters. The highest BCUT2D eigenvalue weighted by atomic mass is 19.1. The van der Waals surface area contributed by atoms with Crippen molar-refractivity contribution in [2.75, 3.05) is 26.1 Å². The second-order valence-corrected chi connectivity index (χ2v) is 4.87. The Hall–Kier alpha value is -2.14. The molecule has 0 fully saturated rings. The molecule has 0 aliphatic carbocycles. The Bertz CT molecular complexity index is 604. The fourth-order valence-corrected chi connectivity index (χ4v) is 2.26. The van der Waals surface area contributed by atoms with Crippen molar-refractivity contribution in [3.05, 3.63) is 53.5 Å². The molecule has 1 aromatic heterocycles. The lowest BCUT2D eigenvalue weighted by molar-refractivity contribution is 0.414. The van der Waals surface area contributed by atoms with Crippen LogP contribution in [0.4, 0.5) is 10.2 Å². The van der Waals surface area contributed by atoms with Crippen molar-refractivity contribution in [2.24, 2.45) is 0 Å².